The van der Waals surface area contributed by atoms with Crippen LogP contribution in [0.5, 0.6) is 0 Å². The molecule has 2 aliphatic rings. The van der Waals surface area contributed by atoms with Crippen LogP contribution in [0.25, 0.3) is 0 Å². The van der Waals surface area contributed by atoms with Gasteiger partial charge in [-0.1, -0.05) is 60.7 Å². The molecule has 0 aromatic heterocycles. The first-order chi connectivity index (χ1) is 11.2. The summed E-state index contributed by atoms with van der Waals surface area (Å²) in [5, 5.41) is 11.7. The molecule has 23 heavy (non-hydrogen) atoms. The average Bonchev–Trinajstić information content (AvgIpc) is 3.26. The molecule has 1 aliphatic carbocycles. The Morgan fingerprint density at radius 2 is 1.39 bits per heavy atom. The fraction of sp³-hybridized carbons (Fsp3) is 0.400. The van der Waals surface area contributed by atoms with Crippen molar-refractivity contribution in [2.24, 2.45) is 0 Å². The minimum Gasteiger partial charge on any atom is -0.378 e. The molecule has 0 bridgehead atoms. The minimum absolute atomic E-state index is 0.398. The largest absolute Gasteiger partial charge is 0.378 e. The molecule has 1 saturated heterocycles. The highest BCUT2D eigenvalue weighted by atomic mass is 16.7. The van der Waals surface area contributed by atoms with Crippen molar-refractivity contribution in [3.63, 3.8) is 0 Å². The summed E-state index contributed by atoms with van der Waals surface area (Å²) < 4.78 is 12.3. The summed E-state index contributed by atoms with van der Waals surface area (Å²) in [6.07, 6.45) is 3.70. The SMILES string of the molecule is OC(c1ccccc1)(c1ccccc1)[C@H]1COC2(CCCC2)O1. The molecule has 4 rings (SSSR count). The van der Waals surface area contributed by atoms with E-state index in [1.54, 1.807) is 0 Å². The highest BCUT2D eigenvalue weighted by molar-refractivity contribution is 5.38. The first-order valence-corrected chi connectivity index (χ1v) is 8.38. The van der Waals surface area contributed by atoms with Gasteiger partial charge in [0.05, 0.1) is 6.61 Å². The number of ether oxygens (including phenoxy) is 2. The van der Waals surface area contributed by atoms with Crippen LogP contribution in [0.15, 0.2) is 60.7 Å². The molecular weight excluding hydrogens is 288 g/mol. The molecule has 0 amide bonds. The van der Waals surface area contributed by atoms with Gasteiger partial charge >= 0.3 is 0 Å². The topological polar surface area (TPSA) is 38.7 Å². The van der Waals surface area contributed by atoms with Crippen molar-refractivity contribution >= 4 is 0 Å². The second kappa shape index (κ2) is 5.75. The number of rotatable bonds is 3. The van der Waals surface area contributed by atoms with Crippen molar-refractivity contribution < 1.29 is 14.6 Å². The number of hydrogen-bond donors (Lipinski definition) is 1. The number of aliphatic hydroxyl groups is 1. The number of benzene rings is 2. The van der Waals surface area contributed by atoms with Gasteiger partial charge in [-0.05, 0) is 24.0 Å². The molecule has 0 radical (unpaired) electrons. The summed E-state index contributed by atoms with van der Waals surface area (Å²) in [5.74, 6) is -0.484. The summed E-state index contributed by atoms with van der Waals surface area (Å²) in [7, 11) is 0. The van der Waals surface area contributed by atoms with Crippen LogP contribution in [-0.2, 0) is 15.1 Å². The van der Waals surface area contributed by atoms with E-state index in [0.717, 1.165) is 36.8 Å². The van der Waals surface area contributed by atoms with Crippen molar-refractivity contribution in [1.29, 1.82) is 0 Å². The molecule has 1 saturated carbocycles. The van der Waals surface area contributed by atoms with E-state index in [0.29, 0.717) is 6.61 Å². The van der Waals surface area contributed by atoms with Gasteiger partial charge in [0, 0.05) is 12.8 Å². The molecule has 2 aromatic carbocycles. The van der Waals surface area contributed by atoms with Crippen LogP contribution >= 0.6 is 0 Å². The summed E-state index contributed by atoms with van der Waals surface area (Å²) in [6, 6.07) is 19.5. The summed E-state index contributed by atoms with van der Waals surface area (Å²) >= 11 is 0. The zero-order valence-electron chi connectivity index (χ0n) is 13.2. The molecule has 1 atom stereocenters. The third kappa shape index (κ3) is 2.49. The maximum absolute atomic E-state index is 11.7. The molecule has 3 nitrogen and oxygen atoms in total. The lowest BCUT2D eigenvalue weighted by Crippen LogP contribution is -2.43. The van der Waals surface area contributed by atoms with E-state index < -0.39 is 17.5 Å². The summed E-state index contributed by atoms with van der Waals surface area (Å²) in [5.41, 5.74) is 0.485. The van der Waals surface area contributed by atoms with Gasteiger partial charge < -0.3 is 14.6 Å². The smallest absolute Gasteiger partial charge is 0.169 e. The van der Waals surface area contributed by atoms with Crippen LogP contribution < -0.4 is 0 Å². The standard InChI is InChI=1S/C20H22O3/c21-20(16-9-3-1-4-10-16,17-11-5-2-6-12-17)18-15-22-19(23-18)13-7-8-14-19/h1-6,9-12,18,21H,7-8,13-15H2/t18-/m1/s1. The third-order valence-corrected chi connectivity index (χ3v) is 5.11. The maximum atomic E-state index is 11.7. The Hall–Kier alpha value is -1.68. The molecule has 1 N–H and O–H groups in total. The van der Waals surface area contributed by atoms with Crippen LogP contribution in [0.1, 0.15) is 36.8 Å². The van der Waals surface area contributed by atoms with E-state index in [4.69, 9.17) is 9.47 Å². The van der Waals surface area contributed by atoms with E-state index in [2.05, 4.69) is 0 Å². The Balaban J connectivity index is 1.75. The first-order valence-electron chi connectivity index (χ1n) is 8.38. The molecule has 0 unspecified atom stereocenters. The van der Waals surface area contributed by atoms with E-state index in [1.165, 1.54) is 0 Å². The molecular formula is C20H22O3. The Labute approximate surface area is 136 Å². The highest BCUT2D eigenvalue weighted by Crippen LogP contribution is 2.45. The summed E-state index contributed by atoms with van der Waals surface area (Å²) in [4.78, 5) is 0. The monoisotopic (exact) mass is 310 g/mol. The second-order valence-electron chi connectivity index (χ2n) is 6.53. The van der Waals surface area contributed by atoms with Crippen molar-refractivity contribution in [2.75, 3.05) is 6.61 Å². The predicted octanol–water partition coefficient (Wildman–Crippen LogP) is 3.61. The van der Waals surface area contributed by atoms with Crippen molar-refractivity contribution in [3.8, 4) is 0 Å². The Kier molecular flexibility index (Phi) is 3.72. The highest BCUT2D eigenvalue weighted by Gasteiger charge is 2.52. The predicted molar refractivity (Wildman–Crippen MR) is 87.9 cm³/mol. The molecule has 120 valence electrons. The van der Waals surface area contributed by atoms with E-state index in [1.807, 2.05) is 60.7 Å². The van der Waals surface area contributed by atoms with Crippen LogP contribution in [0, 0.1) is 0 Å². The molecule has 1 spiro atoms. The maximum Gasteiger partial charge on any atom is 0.169 e. The zero-order chi connectivity index (χ0) is 15.8. The lowest BCUT2D eigenvalue weighted by atomic mass is 9.82. The Morgan fingerprint density at radius 3 is 1.91 bits per heavy atom. The molecule has 1 heterocycles. The fourth-order valence-corrected chi connectivity index (χ4v) is 3.86. The Morgan fingerprint density at radius 1 is 0.870 bits per heavy atom. The van der Waals surface area contributed by atoms with Gasteiger partial charge in [0.2, 0.25) is 0 Å². The van der Waals surface area contributed by atoms with Gasteiger partial charge in [-0.15, -0.1) is 0 Å². The second-order valence-corrected chi connectivity index (χ2v) is 6.53. The van der Waals surface area contributed by atoms with Gasteiger partial charge in [0.1, 0.15) is 11.7 Å². The lowest BCUT2D eigenvalue weighted by Gasteiger charge is -2.35. The number of hydrogen-bond acceptors (Lipinski definition) is 3. The van der Waals surface area contributed by atoms with Crippen LogP contribution in [0.3, 0.4) is 0 Å². The van der Waals surface area contributed by atoms with Gasteiger partial charge in [0.15, 0.2) is 5.79 Å². The third-order valence-electron chi connectivity index (χ3n) is 5.11. The average molecular weight is 310 g/mol. The fourth-order valence-electron chi connectivity index (χ4n) is 3.86. The van der Waals surface area contributed by atoms with Crippen molar-refractivity contribution in [1.82, 2.24) is 0 Å². The first kappa shape index (κ1) is 14.9. The summed E-state index contributed by atoms with van der Waals surface area (Å²) in [6.45, 7) is 0.417. The normalized spacial score (nSPS) is 23.4. The van der Waals surface area contributed by atoms with Gasteiger partial charge in [-0.2, -0.15) is 0 Å². The van der Waals surface area contributed by atoms with E-state index >= 15 is 0 Å². The lowest BCUT2D eigenvalue weighted by molar-refractivity contribution is -0.183. The van der Waals surface area contributed by atoms with Crippen molar-refractivity contribution in [3.05, 3.63) is 71.8 Å². The zero-order valence-corrected chi connectivity index (χ0v) is 13.2. The molecule has 2 aromatic rings. The Bertz CT molecular complexity index is 608. The van der Waals surface area contributed by atoms with Gasteiger partial charge in [-0.3, -0.25) is 0 Å². The molecule has 2 fully saturated rings. The van der Waals surface area contributed by atoms with Crippen molar-refractivity contribution in [2.45, 2.75) is 43.2 Å². The van der Waals surface area contributed by atoms with Gasteiger partial charge in [-0.25, -0.2) is 0 Å². The van der Waals surface area contributed by atoms with Crippen LogP contribution in [-0.4, -0.2) is 23.6 Å². The minimum atomic E-state index is -1.20. The van der Waals surface area contributed by atoms with E-state index in [9.17, 15) is 5.11 Å². The quantitative estimate of drug-likeness (QED) is 0.941. The van der Waals surface area contributed by atoms with Gasteiger partial charge in [0.25, 0.3) is 0 Å². The van der Waals surface area contributed by atoms with E-state index in [-0.39, 0.29) is 0 Å². The van der Waals surface area contributed by atoms with Crippen LogP contribution in [0.4, 0.5) is 0 Å². The molecule has 3 heteroatoms. The molecule has 1 aliphatic heterocycles. The van der Waals surface area contributed by atoms with Crippen LogP contribution in [0.2, 0.25) is 0 Å².